The standard InChI is InChI=1S/C15H19NO3/c1-3-8-15(2,14(17)18)16-9-11-10-19-13-7-5-4-6-12(11)13/h4-7,10,16H,3,8-9H2,1-2H3,(H,17,18). The lowest BCUT2D eigenvalue weighted by molar-refractivity contribution is -0.144. The van der Waals surface area contributed by atoms with E-state index in [4.69, 9.17) is 4.42 Å². The Balaban J connectivity index is 2.15. The molecule has 1 atom stereocenters. The van der Waals surface area contributed by atoms with E-state index in [1.165, 1.54) is 0 Å². The van der Waals surface area contributed by atoms with Gasteiger partial charge in [-0.2, -0.15) is 0 Å². The predicted molar refractivity (Wildman–Crippen MR) is 74.0 cm³/mol. The lowest BCUT2D eigenvalue weighted by Gasteiger charge is -2.25. The van der Waals surface area contributed by atoms with Crippen molar-refractivity contribution >= 4 is 16.9 Å². The van der Waals surface area contributed by atoms with E-state index in [0.29, 0.717) is 13.0 Å². The van der Waals surface area contributed by atoms with E-state index in [-0.39, 0.29) is 0 Å². The van der Waals surface area contributed by atoms with E-state index in [9.17, 15) is 9.90 Å². The summed E-state index contributed by atoms with van der Waals surface area (Å²) in [4.78, 5) is 11.3. The minimum Gasteiger partial charge on any atom is -0.480 e. The number of carbonyl (C=O) groups is 1. The van der Waals surface area contributed by atoms with Crippen LogP contribution in [-0.2, 0) is 11.3 Å². The largest absolute Gasteiger partial charge is 0.480 e. The second-order valence-corrected chi connectivity index (χ2v) is 5.00. The van der Waals surface area contributed by atoms with E-state index < -0.39 is 11.5 Å². The second-order valence-electron chi connectivity index (χ2n) is 5.00. The fourth-order valence-corrected chi connectivity index (χ4v) is 2.23. The van der Waals surface area contributed by atoms with Crippen LogP contribution in [0.4, 0.5) is 0 Å². The van der Waals surface area contributed by atoms with Crippen LogP contribution in [0.25, 0.3) is 11.0 Å². The highest BCUT2D eigenvalue weighted by Gasteiger charge is 2.31. The first-order chi connectivity index (χ1) is 9.07. The molecule has 1 aromatic carbocycles. The first kappa shape index (κ1) is 13.6. The number of carboxylic acids is 1. The molecule has 4 heteroatoms. The van der Waals surface area contributed by atoms with E-state index in [1.807, 2.05) is 31.2 Å². The van der Waals surface area contributed by atoms with Crippen molar-refractivity contribution in [3.8, 4) is 0 Å². The Bertz CT molecular complexity index is 576. The Morgan fingerprint density at radius 1 is 1.42 bits per heavy atom. The maximum atomic E-state index is 11.3. The summed E-state index contributed by atoms with van der Waals surface area (Å²) in [7, 11) is 0. The van der Waals surface area contributed by atoms with Gasteiger partial charge in [0.1, 0.15) is 11.1 Å². The third-order valence-corrected chi connectivity index (χ3v) is 3.45. The van der Waals surface area contributed by atoms with Crippen LogP contribution in [0.2, 0.25) is 0 Å². The van der Waals surface area contributed by atoms with Crippen LogP contribution in [-0.4, -0.2) is 16.6 Å². The number of rotatable bonds is 6. The van der Waals surface area contributed by atoms with Gasteiger partial charge in [0.25, 0.3) is 0 Å². The van der Waals surface area contributed by atoms with Crippen LogP contribution in [0.15, 0.2) is 34.9 Å². The van der Waals surface area contributed by atoms with Crippen molar-refractivity contribution in [1.29, 1.82) is 0 Å². The Hall–Kier alpha value is -1.81. The summed E-state index contributed by atoms with van der Waals surface area (Å²) in [6, 6.07) is 7.75. The van der Waals surface area contributed by atoms with Gasteiger partial charge in [0, 0.05) is 17.5 Å². The molecule has 2 N–H and O–H groups in total. The van der Waals surface area contributed by atoms with Gasteiger partial charge >= 0.3 is 5.97 Å². The Morgan fingerprint density at radius 2 is 2.16 bits per heavy atom. The minimum atomic E-state index is -0.896. The summed E-state index contributed by atoms with van der Waals surface area (Å²) in [5.74, 6) is -0.817. The molecule has 0 amide bonds. The highest BCUT2D eigenvalue weighted by atomic mass is 16.4. The fourth-order valence-electron chi connectivity index (χ4n) is 2.23. The van der Waals surface area contributed by atoms with Crippen molar-refractivity contribution in [1.82, 2.24) is 5.32 Å². The molecule has 0 fully saturated rings. The summed E-state index contributed by atoms with van der Waals surface area (Å²) in [5, 5.41) is 13.5. The van der Waals surface area contributed by atoms with Gasteiger partial charge in [-0.05, 0) is 19.4 Å². The normalized spacial score (nSPS) is 14.4. The highest BCUT2D eigenvalue weighted by Crippen LogP contribution is 2.22. The number of carboxylic acid groups (broad SMARTS) is 1. The molecule has 1 aromatic heterocycles. The lowest BCUT2D eigenvalue weighted by atomic mass is 9.96. The van der Waals surface area contributed by atoms with Crippen molar-refractivity contribution in [2.75, 3.05) is 0 Å². The molecule has 1 heterocycles. The Labute approximate surface area is 112 Å². The van der Waals surface area contributed by atoms with Crippen LogP contribution in [0, 0.1) is 0 Å². The summed E-state index contributed by atoms with van der Waals surface area (Å²) in [6.07, 6.45) is 3.10. The van der Waals surface area contributed by atoms with Crippen LogP contribution >= 0.6 is 0 Å². The summed E-state index contributed by atoms with van der Waals surface area (Å²) < 4.78 is 5.45. The van der Waals surface area contributed by atoms with Crippen LogP contribution < -0.4 is 5.32 Å². The molecule has 0 aliphatic rings. The van der Waals surface area contributed by atoms with Crippen LogP contribution in [0.5, 0.6) is 0 Å². The Kier molecular flexibility index (Phi) is 3.90. The number of para-hydroxylation sites is 1. The number of nitrogens with one attached hydrogen (secondary N) is 1. The van der Waals surface area contributed by atoms with Gasteiger partial charge < -0.3 is 9.52 Å². The van der Waals surface area contributed by atoms with Crippen molar-refractivity contribution < 1.29 is 14.3 Å². The molecule has 19 heavy (non-hydrogen) atoms. The molecule has 4 nitrogen and oxygen atoms in total. The lowest BCUT2D eigenvalue weighted by Crippen LogP contribution is -2.48. The van der Waals surface area contributed by atoms with Crippen molar-refractivity contribution in [3.05, 3.63) is 36.1 Å². The zero-order chi connectivity index (χ0) is 13.9. The third kappa shape index (κ3) is 2.79. The first-order valence-electron chi connectivity index (χ1n) is 6.50. The smallest absolute Gasteiger partial charge is 0.323 e. The van der Waals surface area contributed by atoms with Gasteiger partial charge in [0.15, 0.2) is 0 Å². The van der Waals surface area contributed by atoms with Crippen molar-refractivity contribution in [3.63, 3.8) is 0 Å². The number of benzene rings is 1. The van der Waals surface area contributed by atoms with E-state index in [1.54, 1.807) is 13.2 Å². The van der Waals surface area contributed by atoms with E-state index >= 15 is 0 Å². The minimum absolute atomic E-state index is 0.486. The van der Waals surface area contributed by atoms with Gasteiger partial charge in [-0.25, -0.2) is 0 Å². The average Bonchev–Trinajstić information content (AvgIpc) is 2.80. The maximum absolute atomic E-state index is 11.3. The molecule has 0 saturated heterocycles. The Morgan fingerprint density at radius 3 is 2.84 bits per heavy atom. The molecule has 0 aliphatic heterocycles. The molecule has 0 radical (unpaired) electrons. The predicted octanol–water partition coefficient (Wildman–Crippen LogP) is 3.17. The number of hydrogen-bond acceptors (Lipinski definition) is 3. The molecule has 1 unspecified atom stereocenters. The first-order valence-corrected chi connectivity index (χ1v) is 6.50. The number of fused-ring (bicyclic) bond motifs is 1. The van der Waals surface area contributed by atoms with E-state index in [0.717, 1.165) is 23.0 Å². The molecule has 0 spiro atoms. The molecule has 0 bridgehead atoms. The van der Waals surface area contributed by atoms with Gasteiger partial charge in [-0.1, -0.05) is 31.5 Å². The van der Waals surface area contributed by atoms with Crippen molar-refractivity contribution in [2.45, 2.75) is 38.8 Å². The second kappa shape index (κ2) is 5.45. The fraction of sp³-hybridized carbons (Fsp3) is 0.400. The number of hydrogen-bond donors (Lipinski definition) is 2. The molecule has 102 valence electrons. The summed E-state index contributed by atoms with van der Waals surface area (Å²) in [6.45, 7) is 4.19. The zero-order valence-electron chi connectivity index (χ0n) is 11.3. The van der Waals surface area contributed by atoms with E-state index in [2.05, 4.69) is 5.32 Å². The van der Waals surface area contributed by atoms with Gasteiger partial charge in [0.05, 0.1) is 6.26 Å². The molecular formula is C15H19NO3. The third-order valence-electron chi connectivity index (χ3n) is 3.45. The van der Waals surface area contributed by atoms with Gasteiger partial charge in [-0.15, -0.1) is 0 Å². The van der Waals surface area contributed by atoms with Gasteiger partial charge in [-0.3, -0.25) is 10.1 Å². The highest BCUT2D eigenvalue weighted by molar-refractivity contribution is 5.81. The molecule has 0 aliphatic carbocycles. The SMILES string of the molecule is CCCC(C)(NCc1coc2ccccc12)C(=O)O. The topological polar surface area (TPSA) is 62.5 Å². The molecular weight excluding hydrogens is 242 g/mol. The quantitative estimate of drug-likeness (QED) is 0.838. The van der Waals surface area contributed by atoms with Crippen molar-refractivity contribution in [2.24, 2.45) is 0 Å². The summed E-state index contributed by atoms with van der Waals surface area (Å²) >= 11 is 0. The van der Waals surface area contributed by atoms with Crippen LogP contribution in [0.3, 0.4) is 0 Å². The zero-order valence-corrected chi connectivity index (χ0v) is 11.3. The molecule has 0 saturated carbocycles. The average molecular weight is 261 g/mol. The van der Waals surface area contributed by atoms with Gasteiger partial charge in [0.2, 0.25) is 0 Å². The summed E-state index contributed by atoms with van der Waals surface area (Å²) in [5.41, 5.74) is 0.915. The molecule has 2 aromatic rings. The monoisotopic (exact) mass is 261 g/mol. The van der Waals surface area contributed by atoms with Crippen LogP contribution in [0.1, 0.15) is 32.3 Å². The number of furan rings is 1. The maximum Gasteiger partial charge on any atom is 0.323 e. The molecule has 2 rings (SSSR count). The number of aliphatic carboxylic acids is 1.